The molecule has 0 bridgehead atoms. The van der Waals surface area contributed by atoms with E-state index in [9.17, 15) is 8.42 Å². The smallest absolute Gasteiger partial charge is 0.250 e. The van der Waals surface area contributed by atoms with Gasteiger partial charge in [0, 0.05) is 12.1 Å². The van der Waals surface area contributed by atoms with Crippen LogP contribution in [0.15, 0.2) is 16.3 Å². The summed E-state index contributed by atoms with van der Waals surface area (Å²) in [4.78, 5) is 0. The minimum Gasteiger partial charge on any atom is -0.313 e. The standard InChI is InChI=1S/C10H15ClN2O2S2.ClH/c1-7-8(3-2-6-12-7)13-17(14,15)10-5-4-9(11)16-10;/h4-5,7-8,12-13H,2-3,6H2,1H3;1H. The number of rotatable bonds is 3. The fourth-order valence-corrected chi connectivity index (χ4v) is 4.75. The van der Waals surface area contributed by atoms with Crippen molar-refractivity contribution in [1.29, 1.82) is 0 Å². The lowest BCUT2D eigenvalue weighted by atomic mass is 10.0. The quantitative estimate of drug-likeness (QED) is 0.893. The van der Waals surface area contributed by atoms with Crippen LogP contribution < -0.4 is 10.0 Å². The maximum Gasteiger partial charge on any atom is 0.250 e. The van der Waals surface area contributed by atoms with Crippen molar-refractivity contribution < 1.29 is 8.42 Å². The maximum atomic E-state index is 12.1. The molecule has 0 aromatic carbocycles. The summed E-state index contributed by atoms with van der Waals surface area (Å²) in [6, 6.07) is 3.25. The van der Waals surface area contributed by atoms with Crippen LogP contribution in [0.25, 0.3) is 0 Å². The average molecular weight is 331 g/mol. The van der Waals surface area contributed by atoms with Gasteiger partial charge in [0.15, 0.2) is 0 Å². The third-order valence-corrected chi connectivity index (χ3v) is 6.09. The van der Waals surface area contributed by atoms with Gasteiger partial charge in [-0.25, -0.2) is 13.1 Å². The Labute approximate surface area is 123 Å². The Hall–Kier alpha value is 0.150. The van der Waals surface area contributed by atoms with Gasteiger partial charge < -0.3 is 5.32 Å². The van der Waals surface area contributed by atoms with Crippen molar-refractivity contribution in [3.05, 3.63) is 16.5 Å². The Morgan fingerprint density at radius 1 is 1.50 bits per heavy atom. The molecule has 2 unspecified atom stereocenters. The largest absolute Gasteiger partial charge is 0.313 e. The van der Waals surface area contributed by atoms with Gasteiger partial charge >= 0.3 is 0 Å². The van der Waals surface area contributed by atoms with E-state index >= 15 is 0 Å². The summed E-state index contributed by atoms with van der Waals surface area (Å²) in [5.74, 6) is 0. The molecule has 1 aliphatic rings. The number of hydrogen-bond donors (Lipinski definition) is 2. The first-order valence-electron chi connectivity index (χ1n) is 5.50. The lowest BCUT2D eigenvalue weighted by molar-refractivity contribution is 0.349. The van der Waals surface area contributed by atoms with Gasteiger partial charge in [-0.15, -0.1) is 23.7 Å². The third kappa shape index (κ3) is 3.82. The van der Waals surface area contributed by atoms with Crippen LogP contribution in [0.2, 0.25) is 4.34 Å². The van der Waals surface area contributed by atoms with Crippen LogP contribution in [0.3, 0.4) is 0 Å². The summed E-state index contributed by atoms with van der Waals surface area (Å²) in [5, 5.41) is 3.26. The number of nitrogens with one attached hydrogen (secondary N) is 2. The summed E-state index contributed by atoms with van der Waals surface area (Å²) in [7, 11) is -3.43. The molecule has 0 radical (unpaired) electrons. The first-order chi connectivity index (χ1) is 7.99. The van der Waals surface area contributed by atoms with Crippen molar-refractivity contribution >= 4 is 45.4 Å². The van der Waals surface area contributed by atoms with Crippen LogP contribution in [-0.2, 0) is 10.0 Å². The summed E-state index contributed by atoms with van der Waals surface area (Å²) in [5.41, 5.74) is 0. The summed E-state index contributed by atoms with van der Waals surface area (Å²) < 4.78 is 27.6. The maximum absolute atomic E-state index is 12.1. The predicted molar refractivity (Wildman–Crippen MR) is 77.4 cm³/mol. The first kappa shape index (κ1) is 16.2. The van der Waals surface area contributed by atoms with Crippen molar-refractivity contribution in [1.82, 2.24) is 10.0 Å². The van der Waals surface area contributed by atoms with Crippen LogP contribution in [0.1, 0.15) is 19.8 Å². The van der Waals surface area contributed by atoms with Crippen LogP contribution in [0, 0.1) is 0 Å². The minimum absolute atomic E-state index is 0. The second-order valence-corrected chi connectivity index (χ2v) is 7.83. The fraction of sp³-hybridized carbons (Fsp3) is 0.600. The molecule has 1 aliphatic heterocycles. The highest BCUT2D eigenvalue weighted by molar-refractivity contribution is 7.91. The van der Waals surface area contributed by atoms with E-state index in [1.807, 2.05) is 6.92 Å². The monoisotopic (exact) mass is 330 g/mol. The molecule has 2 rings (SSSR count). The van der Waals surface area contributed by atoms with Gasteiger partial charge in [-0.1, -0.05) is 11.6 Å². The fourth-order valence-electron chi connectivity index (χ4n) is 1.90. The minimum atomic E-state index is -3.43. The number of halogens is 2. The van der Waals surface area contributed by atoms with E-state index in [2.05, 4.69) is 10.0 Å². The zero-order valence-electron chi connectivity index (χ0n) is 9.85. The average Bonchev–Trinajstić information content (AvgIpc) is 2.69. The molecule has 2 N–H and O–H groups in total. The topological polar surface area (TPSA) is 58.2 Å². The summed E-state index contributed by atoms with van der Waals surface area (Å²) >= 11 is 6.83. The molecule has 0 aliphatic carbocycles. The van der Waals surface area contributed by atoms with Gasteiger partial charge in [-0.05, 0) is 38.4 Å². The molecule has 1 fully saturated rings. The lowest BCUT2D eigenvalue weighted by Gasteiger charge is -2.30. The van der Waals surface area contributed by atoms with Crippen LogP contribution in [0.4, 0.5) is 0 Å². The zero-order valence-corrected chi connectivity index (χ0v) is 13.1. The van der Waals surface area contributed by atoms with E-state index in [-0.39, 0.29) is 28.7 Å². The molecule has 0 amide bonds. The molecular weight excluding hydrogens is 315 g/mol. The van der Waals surface area contributed by atoms with E-state index in [0.29, 0.717) is 4.34 Å². The van der Waals surface area contributed by atoms with E-state index in [0.717, 1.165) is 30.7 Å². The van der Waals surface area contributed by atoms with Crippen LogP contribution >= 0.6 is 35.3 Å². The summed E-state index contributed by atoms with van der Waals surface area (Å²) in [6.45, 7) is 2.94. The molecule has 1 saturated heterocycles. The molecule has 104 valence electrons. The van der Waals surface area contributed by atoms with Crippen LogP contribution in [0.5, 0.6) is 0 Å². The second-order valence-electron chi connectivity index (χ2n) is 4.17. The molecule has 2 heterocycles. The molecular formula is C10H16Cl2N2O2S2. The number of hydrogen-bond acceptors (Lipinski definition) is 4. The summed E-state index contributed by atoms with van der Waals surface area (Å²) in [6.07, 6.45) is 1.86. The Balaban J connectivity index is 0.00000162. The van der Waals surface area contributed by atoms with Gasteiger partial charge in [0.05, 0.1) is 4.34 Å². The Bertz CT molecular complexity index is 490. The molecule has 2 atom stereocenters. The van der Waals surface area contributed by atoms with Crippen molar-refractivity contribution in [2.45, 2.75) is 36.1 Å². The van der Waals surface area contributed by atoms with Crippen LogP contribution in [-0.4, -0.2) is 27.0 Å². The first-order valence-corrected chi connectivity index (χ1v) is 8.18. The second kappa shape index (κ2) is 6.54. The predicted octanol–water partition coefficient (Wildman–Crippen LogP) is 2.24. The van der Waals surface area contributed by atoms with Gasteiger partial charge in [0.25, 0.3) is 0 Å². The van der Waals surface area contributed by atoms with Crippen molar-refractivity contribution in [3.63, 3.8) is 0 Å². The van der Waals surface area contributed by atoms with Gasteiger partial charge in [0.1, 0.15) is 4.21 Å². The van der Waals surface area contributed by atoms with Gasteiger partial charge in [-0.3, -0.25) is 0 Å². The number of sulfonamides is 1. The van der Waals surface area contributed by atoms with E-state index < -0.39 is 10.0 Å². The Morgan fingerprint density at radius 2 is 2.22 bits per heavy atom. The highest BCUT2D eigenvalue weighted by Gasteiger charge is 2.27. The molecule has 0 spiro atoms. The molecule has 0 saturated carbocycles. The van der Waals surface area contributed by atoms with E-state index in [4.69, 9.17) is 11.6 Å². The van der Waals surface area contributed by atoms with Gasteiger partial charge in [-0.2, -0.15) is 0 Å². The highest BCUT2D eigenvalue weighted by atomic mass is 35.5. The molecule has 1 aromatic heterocycles. The number of thiophene rings is 1. The molecule has 8 heteroatoms. The van der Waals surface area contributed by atoms with Crippen molar-refractivity contribution in [2.75, 3.05) is 6.54 Å². The zero-order chi connectivity index (χ0) is 12.5. The molecule has 1 aromatic rings. The van der Waals surface area contributed by atoms with Crippen molar-refractivity contribution in [3.8, 4) is 0 Å². The lowest BCUT2D eigenvalue weighted by Crippen LogP contribution is -2.51. The SMILES string of the molecule is CC1NCCCC1NS(=O)(=O)c1ccc(Cl)s1.Cl. The van der Waals surface area contributed by atoms with Gasteiger partial charge in [0.2, 0.25) is 10.0 Å². The normalized spacial score (nSPS) is 24.6. The van der Waals surface area contributed by atoms with E-state index in [1.165, 1.54) is 6.07 Å². The Morgan fingerprint density at radius 3 is 2.78 bits per heavy atom. The molecule has 18 heavy (non-hydrogen) atoms. The highest BCUT2D eigenvalue weighted by Crippen LogP contribution is 2.26. The third-order valence-electron chi connectivity index (χ3n) is 2.88. The molecule has 4 nitrogen and oxygen atoms in total. The van der Waals surface area contributed by atoms with Crippen molar-refractivity contribution in [2.24, 2.45) is 0 Å². The Kier molecular flexibility index (Phi) is 5.89. The van der Waals surface area contributed by atoms with E-state index in [1.54, 1.807) is 6.07 Å². The number of piperidine rings is 1.